The van der Waals surface area contributed by atoms with E-state index in [0.717, 1.165) is 17.1 Å². The summed E-state index contributed by atoms with van der Waals surface area (Å²) in [5.74, 6) is -1.14. The molecule has 18 heavy (non-hydrogen) atoms. The Hall–Kier alpha value is -1.66. The lowest BCUT2D eigenvalue weighted by Crippen LogP contribution is -2.31. The summed E-state index contributed by atoms with van der Waals surface area (Å²) in [4.78, 5) is 23.8. The molecule has 0 spiro atoms. The Kier molecular flexibility index (Phi) is 3.23. The molecule has 0 unspecified atom stereocenters. The highest BCUT2D eigenvalue weighted by Gasteiger charge is 2.30. The van der Waals surface area contributed by atoms with Crippen molar-refractivity contribution in [3.63, 3.8) is 0 Å². The van der Waals surface area contributed by atoms with Crippen LogP contribution in [0.5, 0.6) is 0 Å². The zero-order chi connectivity index (χ0) is 13.3. The van der Waals surface area contributed by atoms with Crippen molar-refractivity contribution in [3.05, 3.63) is 36.4 Å². The largest absolute Gasteiger partial charge is 0.269 e. The van der Waals surface area contributed by atoms with Gasteiger partial charge in [0, 0.05) is 12.2 Å². The Morgan fingerprint density at radius 3 is 2.17 bits per heavy atom. The lowest BCUT2D eigenvalue weighted by Gasteiger charge is -2.17. The van der Waals surface area contributed by atoms with Crippen LogP contribution in [0.3, 0.4) is 0 Å². The van der Waals surface area contributed by atoms with Crippen molar-refractivity contribution >= 4 is 38.9 Å². The SMILES string of the molecule is O=C1C=CC(=O)N1c1ccccc1S(=O)(=O)CCl. The summed E-state index contributed by atoms with van der Waals surface area (Å²) >= 11 is 5.39. The number of hydrogen-bond acceptors (Lipinski definition) is 4. The molecular weight excluding hydrogens is 278 g/mol. The maximum absolute atomic E-state index is 11.8. The van der Waals surface area contributed by atoms with Crippen LogP contribution >= 0.6 is 11.6 Å². The topological polar surface area (TPSA) is 71.5 Å². The van der Waals surface area contributed by atoms with Crippen LogP contribution in [0.25, 0.3) is 0 Å². The molecule has 0 bridgehead atoms. The fourth-order valence-electron chi connectivity index (χ4n) is 1.60. The Bertz CT molecular complexity index is 633. The van der Waals surface area contributed by atoms with Crippen molar-refractivity contribution in [2.75, 3.05) is 10.1 Å². The van der Waals surface area contributed by atoms with Crippen LogP contribution in [0.4, 0.5) is 5.69 Å². The van der Waals surface area contributed by atoms with E-state index >= 15 is 0 Å². The molecule has 0 N–H and O–H groups in total. The fourth-order valence-corrected chi connectivity index (χ4v) is 2.84. The third-order valence-electron chi connectivity index (χ3n) is 2.39. The summed E-state index contributed by atoms with van der Waals surface area (Å²) in [6.07, 6.45) is 2.18. The zero-order valence-electron chi connectivity index (χ0n) is 9.04. The number of anilines is 1. The first-order valence-electron chi connectivity index (χ1n) is 4.91. The number of para-hydroxylation sites is 1. The highest BCUT2D eigenvalue weighted by atomic mass is 35.5. The Balaban J connectivity index is 2.60. The van der Waals surface area contributed by atoms with E-state index in [9.17, 15) is 18.0 Å². The molecule has 2 rings (SSSR count). The van der Waals surface area contributed by atoms with Gasteiger partial charge in [-0.25, -0.2) is 13.3 Å². The summed E-state index contributed by atoms with van der Waals surface area (Å²) < 4.78 is 23.6. The van der Waals surface area contributed by atoms with Gasteiger partial charge in [-0.15, -0.1) is 11.6 Å². The first kappa shape index (κ1) is 12.8. The summed E-state index contributed by atoms with van der Waals surface area (Å²) in [5, 5.41) is -0.617. The van der Waals surface area contributed by atoms with Crippen LogP contribution in [-0.2, 0) is 19.4 Å². The molecule has 0 fully saturated rings. The van der Waals surface area contributed by atoms with Crippen molar-refractivity contribution in [3.8, 4) is 0 Å². The van der Waals surface area contributed by atoms with Crippen LogP contribution in [0, 0.1) is 0 Å². The summed E-state index contributed by atoms with van der Waals surface area (Å²) in [5.41, 5.74) is 0.0261. The third-order valence-corrected chi connectivity index (χ3v) is 4.56. The monoisotopic (exact) mass is 285 g/mol. The number of nitrogens with zero attached hydrogens (tertiary/aromatic N) is 1. The average molecular weight is 286 g/mol. The predicted octanol–water partition coefficient (Wildman–Crippen LogP) is 1.09. The minimum absolute atomic E-state index is 0.0261. The minimum atomic E-state index is -3.72. The number of hydrogen-bond donors (Lipinski definition) is 0. The molecule has 94 valence electrons. The predicted molar refractivity (Wildman–Crippen MR) is 66.0 cm³/mol. The van der Waals surface area contributed by atoms with E-state index in [1.807, 2.05) is 0 Å². The Labute approximate surface area is 109 Å². The van der Waals surface area contributed by atoms with E-state index < -0.39 is 26.9 Å². The number of amides is 2. The minimum Gasteiger partial charge on any atom is -0.269 e. The Morgan fingerprint density at radius 2 is 1.61 bits per heavy atom. The van der Waals surface area contributed by atoms with Crippen LogP contribution in [0.1, 0.15) is 0 Å². The number of rotatable bonds is 3. The molecule has 1 aliphatic rings. The molecular formula is C11H8ClNO4S. The van der Waals surface area contributed by atoms with E-state index in [-0.39, 0.29) is 10.6 Å². The molecule has 0 aromatic heterocycles. The van der Waals surface area contributed by atoms with Gasteiger partial charge in [-0.2, -0.15) is 0 Å². The molecule has 0 aliphatic carbocycles. The number of alkyl halides is 1. The van der Waals surface area contributed by atoms with Gasteiger partial charge in [-0.1, -0.05) is 12.1 Å². The van der Waals surface area contributed by atoms with Gasteiger partial charge < -0.3 is 0 Å². The molecule has 1 heterocycles. The molecule has 1 aliphatic heterocycles. The first-order valence-corrected chi connectivity index (χ1v) is 7.10. The number of sulfone groups is 1. The number of carbonyl (C=O) groups is 2. The molecule has 1 aromatic carbocycles. The quantitative estimate of drug-likeness (QED) is 0.615. The molecule has 7 heteroatoms. The molecule has 2 amide bonds. The van der Waals surface area contributed by atoms with Gasteiger partial charge in [0.15, 0.2) is 9.84 Å². The molecule has 1 aromatic rings. The fraction of sp³-hybridized carbons (Fsp3) is 0.0909. The lowest BCUT2D eigenvalue weighted by atomic mass is 10.3. The van der Waals surface area contributed by atoms with E-state index in [1.54, 1.807) is 6.07 Å². The van der Waals surface area contributed by atoms with Gasteiger partial charge in [-0.05, 0) is 12.1 Å². The molecule has 0 saturated heterocycles. The molecule has 0 radical (unpaired) electrons. The maximum atomic E-state index is 11.8. The van der Waals surface area contributed by atoms with E-state index in [2.05, 4.69) is 0 Å². The normalized spacial score (nSPS) is 15.5. The second-order valence-electron chi connectivity index (χ2n) is 3.54. The number of carbonyl (C=O) groups excluding carboxylic acids is 2. The first-order chi connectivity index (χ1) is 8.47. The maximum Gasteiger partial charge on any atom is 0.258 e. The average Bonchev–Trinajstić information content (AvgIpc) is 2.69. The summed E-state index contributed by atoms with van der Waals surface area (Å²) in [6, 6.07) is 5.75. The highest BCUT2D eigenvalue weighted by Crippen LogP contribution is 2.28. The molecule has 0 saturated carbocycles. The summed E-state index contributed by atoms with van der Waals surface area (Å²) in [7, 11) is -3.72. The smallest absolute Gasteiger partial charge is 0.258 e. The molecule has 0 atom stereocenters. The zero-order valence-corrected chi connectivity index (χ0v) is 10.6. The van der Waals surface area contributed by atoms with Gasteiger partial charge >= 0.3 is 0 Å². The third kappa shape index (κ3) is 2.04. The van der Waals surface area contributed by atoms with Crippen molar-refractivity contribution in [1.82, 2.24) is 0 Å². The van der Waals surface area contributed by atoms with Crippen molar-refractivity contribution in [2.45, 2.75) is 4.90 Å². The van der Waals surface area contributed by atoms with Crippen LogP contribution in [0.2, 0.25) is 0 Å². The van der Waals surface area contributed by atoms with Crippen LogP contribution in [-0.4, -0.2) is 25.4 Å². The second-order valence-corrected chi connectivity index (χ2v) is 6.08. The van der Waals surface area contributed by atoms with Gasteiger partial charge in [0.25, 0.3) is 11.8 Å². The van der Waals surface area contributed by atoms with E-state index in [0.29, 0.717) is 0 Å². The number of halogens is 1. The van der Waals surface area contributed by atoms with Gasteiger partial charge in [0.05, 0.1) is 10.6 Å². The highest BCUT2D eigenvalue weighted by molar-refractivity contribution is 7.92. The van der Waals surface area contributed by atoms with Crippen LogP contribution in [0.15, 0.2) is 41.3 Å². The van der Waals surface area contributed by atoms with E-state index in [4.69, 9.17) is 11.6 Å². The van der Waals surface area contributed by atoms with Crippen LogP contribution < -0.4 is 4.90 Å². The van der Waals surface area contributed by atoms with Crippen molar-refractivity contribution < 1.29 is 18.0 Å². The Morgan fingerprint density at radius 1 is 1.06 bits per heavy atom. The standard InChI is InChI=1S/C11H8ClNO4S/c12-7-18(16,17)9-4-2-1-3-8(9)13-10(14)5-6-11(13)15/h1-6H,7H2. The number of benzene rings is 1. The lowest BCUT2D eigenvalue weighted by molar-refractivity contribution is -0.120. The van der Waals surface area contributed by atoms with Gasteiger partial charge in [-0.3, -0.25) is 9.59 Å². The second kappa shape index (κ2) is 4.55. The van der Waals surface area contributed by atoms with Crippen molar-refractivity contribution in [1.29, 1.82) is 0 Å². The van der Waals surface area contributed by atoms with Crippen molar-refractivity contribution in [2.24, 2.45) is 0 Å². The van der Waals surface area contributed by atoms with Gasteiger partial charge in [0.1, 0.15) is 5.21 Å². The molecule has 5 nitrogen and oxygen atoms in total. The van der Waals surface area contributed by atoms with E-state index in [1.165, 1.54) is 18.2 Å². The van der Waals surface area contributed by atoms with Gasteiger partial charge in [0.2, 0.25) is 0 Å². The summed E-state index contributed by atoms with van der Waals surface area (Å²) in [6.45, 7) is 0. The number of imide groups is 1.